The smallest absolute Gasteiger partial charge is 0.244 e. The van der Waals surface area contributed by atoms with Crippen LogP contribution in [0.2, 0.25) is 0 Å². The Morgan fingerprint density at radius 3 is 2.71 bits per heavy atom. The van der Waals surface area contributed by atoms with Gasteiger partial charge in [-0.05, 0) is 18.2 Å². The Morgan fingerprint density at radius 2 is 1.88 bits per heavy atom. The number of likely N-dealkylation sites (tertiary alicyclic amines) is 1. The summed E-state index contributed by atoms with van der Waals surface area (Å²) in [6.45, 7) is 1.68. The lowest BCUT2D eigenvalue weighted by atomic mass is 10.2. The molecule has 0 saturated carbocycles. The topological polar surface area (TPSA) is 78.9 Å². The predicted molar refractivity (Wildman–Crippen MR) is 88.4 cm³/mol. The summed E-state index contributed by atoms with van der Waals surface area (Å²) in [6.07, 6.45) is -0.255. The van der Waals surface area contributed by atoms with Gasteiger partial charge in [0.15, 0.2) is 0 Å². The van der Waals surface area contributed by atoms with E-state index in [0.29, 0.717) is 25.4 Å². The maximum atomic E-state index is 12.5. The Morgan fingerprint density at radius 1 is 1.12 bits per heavy atom. The molecule has 1 fully saturated rings. The number of phenols is 1. The van der Waals surface area contributed by atoms with Crippen molar-refractivity contribution >= 4 is 10.0 Å². The van der Waals surface area contributed by atoms with Crippen molar-refractivity contribution in [1.82, 2.24) is 9.62 Å². The van der Waals surface area contributed by atoms with Crippen LogP contribution in [-0.4, -0.2) is 43.7 Å². The fourth-order valence-corrected chi connectivity index (χ4v) is 4.69. The van der Waals surface area contributed by atoms with Gasteiger partial charge in [-0.15, -0.1) is 0 Å². The van der Waals surface area contributed by atoms with E-state index >= 15 is 0 Å². The van der Waals surface area contributed by atoms with Crippen LogP contribution in [0.25, 0.3) is 0 Å². The number of phenolic OH excluding ortho intramolecular Hbond substituents is 1. The fourth-order valence-electron chi connectivity index (χ4n) is 3.29. The molecule has 0 aliphatic carbocycles. The number of fused-ring (bicyclic) bond motifs is 2. The Hall–Kier alpha value is -2.09. The molecule has 2 atom stereocenters. The van der Waals surface area contributed by atoms with Crippen LogP contribution >= 0.6 is 0 Å². The van der Waals surface area contributed by atoms with E-state index < -0.39 is 10.0 Å². The number of benzene rings is 2. The molecule has 2 aromatic rings. The summed E-state index contributed by atoms with van der Waals surface area (Å²) in [5.74, 6) is 0.637. The third kappa shape index (κ3) is 2.75. The molecular formula is C17H18N2O4S. The summed E-state index contributed by atoms with van der Waals surface area (Å²) in [7, 11) is -3.59. The van der Waals surface area contributed by atoms with Crippen LogP contribution in [-0.2, 0) is 16.6 Å². The molecule has 2 N–H and O–H groups in total. The van der Waals surface area contributed by atoms with Crippen molar-refractivity contribution in [3.05, 3.63) is 54.1 Å². The Labute approximate surface area is 140 Å². The first-order valence-corrected chi connectivity index (χ1v) is 9.28. The zero-order valence-corrected chi connectivity index (χ0v) is 13.7. The van der Waals surface area contributed by atoms with Crippen molar-refractivity contribution in [1.29, 1.82) is 0 Å². The predicted octanol–water partition coefficient (Wildman–Crippen LogP) is 1.32. The minimum Gasteiger partial charge on any atom is -0.508 e. The number of ether oxygens (including phenoxy) is 1. The molecule has 24 heavy (non-hydrogen) atoms. The number of nitrogens with zero attached hydrogens (tertiary/aromatic N) is 1. The molecule has 7 heteroatoms. The third-order valence-corrected chi connectivity index (χ3v) is 5.98. The van der Waals surface area contributed by atoms with Gasteiger partial charge in [0, 0.05) is 25.2 Å². The molecule has 2 aliphatic rings. The van der Waals surface area contributed by atoms with E-state index in [4.69, 9.17) is 4.74 Å². The van der Waals surface area contributed by atoms with Gasteiger partial charge in [0.05, 0.1) is 6.04 Å². The zero-order chi connectivity index (χ0) is 16.7. The lowest BCUT2D eigenvalue weighted by molar-refractivity contribution is 0.183. The van der Waals surface area contributed by atoms with E-state index in [2.05, 4.69) is 9.62 Å². The molecule has 0 amide bonds. The van der Waals surface area contributed by atoms with Gasteiger partial charge in [-0.25, -0.2) is 13.1 Å². The molecule has 2 unspecified atom stereocenters. The van der Waals surface area contributed by atoms with E-state index in [9.17, 15) is 13.5 Å². The van der Waals surface area contributed by atoms with Crippen molar-refractivity contribution in [2.75, 3.05) is 13.1 Å². The van der Waals surface area contributed by atoms with Crippen molar-refractivity contribution < 1.29 is 18.3 Å². The number of hydrogen-bond donors (Lipinski definition) is 2. The quantitative estimate of drug-likeness (QED) is 0.857. The van der Waals surface area contributed by atoms with E-state index in [1.54, 1.807) is 36.4 Å². The summed E-state index contributed by atoms with van der Waals surface area (Å²) in [4.78, 5) is 2.27. The summed E-state index contributed by atoms with van der Waals surface area (Å²) < 4.78 is 33.7. The lowest BCUT2D eigenvalue weighted by Crippen LogP contribution is -2.42. The first kappa shape index (κ1) is 15.4. The number of para-hydroxylation sites is 2. The fraction of sp³-hybridized carbons (Fsp3) is 0.294. The largest absolute Gasteiger partial charge is 0.508 e. The van der Waals surface area contributed by atoms with Gasteiger partial charge in [-0.1, -0.05) is 30.3 Å². The van der Waals surface area contributed by atoms with Crippen LogP contribution in [0.15, 0.2) is 53.4 Å². The normalized spacial score (nSPS) is 25.3. The second kappa shape index (κ2) is 5.77. The number of rotatable bonds is 2. The molecule has 2 heterocycles. The summed E-state index contributed by atoms with van der Waals surface area (Å²) in [5, 5.41) is 9.92. The number of sulfonamides is 1. The zero-order valence-electron chi connectivity index (χ0n) is 12.9. The molecule has 0 bridgehead atoms. The molecular weight excluding hydrogens is 328 g/mol. The molecule has 1 saturated heterocycles. The number of hydrogen-bond acceptors (Lipinski definition) is 5. The van der Waals surface area contributed by atoms with Crippen molar-refractivity contribution in [2.24, 2.45) is 0 Å². The van der Waals surface area contributed by atoms with Crippen LogP contribution < -0.4 is 9.46 Å². The molecule has 4 rings (SSSR count). The van der Waals surface area contributed by atoms with E-state index in [1.165, 1.54) is 0 Å². The van der Waals surface area contributed by atoms with Crippen molar-refractivity contribution in [3.63, 3.8) is 0 Å². The van der Waals surface area contributed by atoms with Crippen LogP contribution in [0.1, 0.15) is 5.56 Å². The Kier molecular flexibility index (Phi) is 3.71. The first-order valence-electron chi connectivity index (χ1n) is 7.80. The van der Waals surface area contributed by atoms with E-state index in [-0.39, 0.29) is 22.8 Å². The minimum atomic E-state index is -3.59. The molecule has 2 aromatic carbocycles. The SMILES string of the molecule is O=S1(=O)NC2CN(Cc3ccccc3O)CC2Oc2ccccc21. The third-order valence-electron chi connectivity index (χ3n) is 4.45. The molecule has 0 spiro atoms. The maximum Gasteiger partial charge on any atom is 0.244 e. The van der Waals surface area contributed by atoms with Crippen LogP contribution in [0.3, 0.4) is 0 Å². The highest BCUT2D eigenvalue weighted by Crippen LogP contribution is 2.31. The van der Waals surface area contributed by atoms with E-state index in [0.717, 1.165) is 5.56 Å². The second-order valence-electron chi connectivity index (χ2n) is 6.15. The van der Waals surface area contributed by atoms with Crippen molar-refractivity contribution in [2.45, 2.75) is 23.6 Å². The minimum absolute atomic E-state index is 0.187. The van der Waals surface area contributed by atoms with Gasteiger partial charge in [0.1, 0.15) is 22.5 Å². The van der Waals surface area contributed by atoms with Crippen LogP contribution in [0.4, 0.5) is 0 Å². The molecule has 0 radical (unpaired) electrons. The number of aromatic hydroxyl groups is 1. The standard InChI is InChI=1S/C17H18N2O4S/c20-14-6-2-1-5-12(14)9-19-10-13-16(11-19)23-15-7-3-4-8-17(15)24(21,22)18-13/h1-8,13,16,18,20H,9-11H2. The average Bonchev–Trinajstić information content (AvgIpc) is 2.86. The highest BCUT2D eigenvalue weighted by atomic mass is 32.2. The molecule has 2 aliphatic heterocycles. The molecule has 6 nitrogen and oxygen atoms in total. The van der Waals surface area contributed by atoms with Gasteiger partial charge in [-0.3, -0.25) is 4.90 Å². The van der Waals surface area contributed by atoms with Gasteiger partial charge >= 0.3 is 0 Å². The monoisotopic (exact) mass is 346 g/mol. The average molecular weight is 346 g/mol. The summed E-state index contributed by atoms with van der Waals surface area (Å²) >= 11 is 0. The lowest BCUT2D eigenvalue weighted by Gasteiger charge is -2.17. The maximum absolute atomic E-state index is 12.5. The highest BCUT2D eigenvalue weighted by Gasteiger charge is 2.41. The molecule has 126 valence electrons. The Bertz CT molecular complexity index is 868. The van der Waals surface area contributed by atoms with Gasteiger partial charge in [0.2, 0.25) is 10.0 Å². The first-order chi connectivity index (χ1) is 11.5. The summed E-state index contributed by atoms with van der Waals surface area (Å²) in [6, 6.07) is 13.5. The van der Waals surface area contributed by atoms with Gasteiger partial charge in [-0.2, -0.15) is 0 Å². The van der Waals surface area contributed by atoms with E-state index in [1.807, 2.05) is 12.1 Å². The van der Waals surface area contributed by atoms with Crippen molar-refractivity contribution in [3.8, 4) is 11.5 Å². The number of nitrogens with one attached hydrogen (secondary N) is 1. The molecule has 0 aromatic heterocycles. The van der Waals surface area contributed by atoms with Gasteiger partial charge in [0.25, 0.3) is 0 Å². The van der Waals surface area contributed by atoms with Crippen LogP contribution in [0, 0.1) is 0 Å². The highest BCUT2D eigenvalue weighted by molar-refractivity contribution is 7.89. The summed E-state index contributed by atoms with van der Waals surface area (Å²) in [5.41, 5.74) is 0.817. The second-order valence-corrected chi connectivity index (χ2v) is 7.84. The van der Waals surface area contributed by atoms with Gasteiger partial charge < -0.3 is 9.84 Å². The Balaban J connectivity index is 1.57. The van der Waals surface area contributed by atoms with Crippen LogP contribution in [0.5, 0.6) is 11.5 Å².